The summed E-state index contributed by atoms with van der Waals surface area (Å²) in [5, 5.41) is 8.08. The molecule has 2 aromatic carbocycles. The first kappa shape index (κ1) is 20.1. The van der Waals surface area contributed by atoms with Crippen LogP contribution in [0.25, 0.3) is 0 Å². The third kappa shape index (κ3) is 5.20. The molecule has 1 saturated heterocycles. The molecule has 2 aromatic rings. The van der Waals surface area contributed by atoms with Gasteiger partial charge in [-0.3, -0.25) is 4.90 Å². The van der Waals surface area contributed by atoms with Crippen LogP contribution >= 0.6 is 23.8 Å². The van der Waals surface area contributed by atoms with E-state index in [0.717, 1.165) is 42.6 Å². The second kappa shape index (κ2) is 9.51. The van der Waals surface area contributed by atoms with E-state index in [-0.39, 0.29) is 12.1 Å². The van der Waals surface area contributed by atoms with Crippen molar-refractivity contribution in [2.75, 3.05) is 31.6 Å². The van der Waals surface area contributed by atoms with E-state index in [1.54, 1.807) is 0 Å². The SMILES string of the molecule is Cc1c(Cl)cccc1NC(=S)N[C@@H](C)[C@@H](c1ccccc1)N1CCOCC1. The van der Waals surface area contributed by atoms with Crippen molar-refractivity contribution in [1.29, 1.82) is 0 Å². The zero-order chi connectivity index (χ0) is 19.2. The molecule has 27 heavy (non-hydrogen) atoms. The van der Waals surface area contributed by atoms with Gasteiger partial charge in [0.05, 0.1) is 19.3 Å². The number of anilines is 1. The Labute approximate surface area is 171 Å². The molecule has 3 rings (SSSR count). The van der Waals surface area contributed by atoms with Crippen LogP contribution in [0.1, 0.15) is 24.1 Å². The van der Waals surface area contributed by atoms with Gasteiger partial charge in [-0.2, -0.15) is 0 Å². The Bertz CT molecular complexity index is 765. The summed E-state index contributed by atoms with van der Waals surface area (Å²) in [4.78, 5) is 2.46. The summed E-state index contributed by atoms with van der Waals surface area (Å²) in [5.41, 5.74) is 3.19. The highest BCUT2D eigenvalue weighted by Gasteiger charge is 2.28. The van der Waals surface area contributed by atoms with Gasteiger partial charge in [0, 0.05) is 29.8 Å². The monoisotopic (exact) mass is 403 g/mol. The van der Waals surface area contributed by atoms with Crippen LogP contribution in [0.4, 0.5) is 5.69 Å². The number of nitrogens with one attached hydrogen (secondary N) is 2. The Morgan fingerprint density at radius 2 is 1.81 bits per heavy atom. The zero-order valence-corrected chi connectivity index (χ0v) is 17.3. The first-order chi connectivity index (χ1) is 13.1. The van der Waals surface area contributed by atoms with Crippen LogP contribution in [-0.2, 0) is 4.74 Å². The number of halogens is 1. The second-order valence-electron chi connectivity index (χ2n) is 6.80. The molecular formula is C21H26ClN3OS. The summed E-state index contributed by atoms with van der Waals surface area (Å²) in [5.74, 6) is 0. The van der Waals surface area contributed by atoms with Crippen LogP contribution in [0.2, 0.25) is 5.02 Å². The molecular weight excluding hydrogens is 378 g/mol. The molecule has 6 heteroatoms. The first-order valence-electron chi connectivity index (χ1n) is 9.25. The fourth-order valence-corrected chi connectivity index (χ4v) is 3.98. The second-order valence-corrected chi connectivity index (χ2v) is 7.62. The van der Waals surface area contributed by atoms with Gasteiger partial charge < -0.3 is 15.4 Å². The van der Waals surface area contributed by atoms with Gasteiger partial charge in [0.2, 0.25) is 0 Å². The van der Waals surface area contributed by atoms with E-state index < -0.39 is 0 Å². The third-order valence-corrected chi connectivity index (χ3v) is 5.56. The van der Waals surface area contributed by atoms with Crippen molar-refractivity contribution in [3.8, 4) is 0 Å². The highest BCUT2D eigenvalue weighted by molar-refractivity contribution is 7.80. The Kier molecular flexibility index (Phi) is 7.07. The van der Waals surface area contributed by atoms with Crippen LogP contribution in [0.15, 0.2) is 48.5 Å². The van der Waals surface area contributed by atoms with Gasteiger partial charge in [0.15, 0.2) is 5.11 Å². The maximum atomic E-state index is 6.21. The fourth-order valence-electron chi connectivity index (χ4n) is 3.51. The standard InChI is InChI=1S/C21H26ClN3OS/c1-15-18(22)9-6-10-19(15)24-21(27)23-16(2)20(17-7-4-3-5-8-17)25-11-13-26-14-12-25/h3-10,16,20H,11-14H2,1-2H3,(H2,23,24,27)/t16-,20-/m0/s1. The lowest BCUT2D eigenvalue weighted by Crippen LogP contribution is -2.49. The largest absolute Gasteiger partial charge is 0.379 e. The van der Waals surface area contributed by atoms with Crippen LogP contribution < -0.4 is 10.6 Å². The van der Waals surface area contributed by atoms with Crippen molar-refractivity contribution in [3.05, 3.63) is 64.7 Å². The number of rotatable bonds is 5. The Hall–Kier alpha value is -1.66. The van der Waals surface area contributed by atoms with Crippen LogP contribution in [0.5, 0.6) is 0 Å². The van der Waals surface area contributed by atoms with Crippen molar-refractivity contribution in [2.45, 2.75) is 25.9 Å². The maximum Gasteiger partial charge on any atom is 0.171 e. The summed E-state index contributed by atoms with van der Waals surface area (Å²) in [7, 11) is 0. The maximum absolute atomic E-state index is 6.21. The van der Waals surface area contributed by atoms with Gasteiger partial charge in [0.1, 0.15) is 0 Å². The summed E-state index contributed by atoms with van der Waals surface area (Å²) < 4.78 is 5.54. The molecule has 1 heterocycles. The number of ether oxygens (including phenoxy) is 1. The number of hydrogen-bond donors (Lipinski definition) is 2. The van der Waals surface area contributed by atoms with Crippen molar-refractivity contribution >= 4 is 34.6 Å². The van der Waals surface area contributed by atoms with Gasteiger partial charge >= 0.3 is 0 Å². The Morgan fingerprint density at radius 1 is 1.11 bits per heavy atom. The van der Waals surface area contributed by atoms with Crippen molar-refractivity contribution in [3.63, 3.8) is 0 Å². The number of hydrogen-bond acceptors (Lipinski definition) is 3. The van der Waals surface area contributed by atoms with Gasteiger partial charge in [-0.15, -0.1) is 0 Å². The summed E-state index contributed by atoms with van der Waals surface area (Å²) >= 11 is 11.8. The summed E-state index contributed by atoms with van der Waals surface area (Å²) in [6.07, 6.45) is 0. The van der Waals surface area contributed by atoms with Crippen LogP contribution in [-0.4, -0.2) is 42.4 Å². The predicted molar refractivity (Wildman–Crippen MR) is 117 cm³/mol. The average molecular weight is 404 g/mol. The van der Waals surface area contributed by atoms with Crippen molar-refractivity contribution in [1.82, 2.24) is 10.2 Å². The normalized spacial score (nSPS) is 17.1. The molecule has 0 aromatic heterocycles. The first-order valence-corrected chi connectivity index (χ1v) is 10.0. The lowest BCUT2D eigenvalue weighted by atomic mass is 9.98. The Balaban J connectivity index is 1.72. The van der Waals surface area contributed by atoms with E-state index in [1.807, 2.05) is 31.2 Å². The summed E-state index contributed by atoms with van der Waals surface area (Å²) in [6, 6.07) is 16.7. The van der Waals surface area contributed by atoms with Gasteiger partial charge in [0.25, 0.3) is 0 Å². The molecule has 0 aliphatic carbocycles. The smallest absolute Gasteiger partial charge is 0.171 e. The molecule has 144 valence electrons. The van der Waals surface area contributed by atoms with E-state index >= 15 is 0 Å². The highest BCUT2D eigenvalue weighted by atomic mass is 35.5. The van der Waals surface area contributed by atoms with Gasteiger partial charge in [-0.25, -0.2) is 0 Å². The molecule has 2 N–H and O–H groups in total. The molecule has 0 amide bonds. The molecule has 0 spiro atoms. The lowest BCUT2D eigenvalue weighted by Gasteiger charge is -2.38. The fraction of sp³-hybridized carbons (Fsp3) is 0.381. The number of thiocarbonyl (C=S) groups is 1. The number of benzene rings is 2. The van der Waals surface area contributed by atoms with Gasteiger partial charge in [-0.1, -0.05) is 48.0 Å². The quantitative estimate of drug-likeness (QED) is 0.724. The average Bonchev–Trinajstić information content (AvgIpc) is 2.67. The highest BCUT2D eigenvalue weighted by Crippen LogP contribution is 2.26. The minimum Gasteiger partial charge on any atom is -0.379 e. The van der Waals surface area contributed by atoms with E-state index in [2.05, 4.69) is 46.7 Å². The minimum absolute atomic E-state index is 0.130. The van der Waals surface area contributed by atoms with E-state index in [0.29, 0.717) is 5.11 Å². The number of morpholine rings is 1. The lowest BCUT2D eigenvalue weighted by molar-refractivity contribution is 0.0102. The van der Waals surface area contributed by atoms with Crippen LogP contribution in [0, 0.1) is 6.92 Å². The minimum atomic E-state index is 0.130. The molecule has 1 fully saturated rings. The molecule has 2 atom stereocenters. The van der Waals surface area contributed by atoms with E-state index in [9.17, 15) is 0 Å². The molecule has 0 bridgehead atoms. The molecule has 0 radical (unpaired) electrons. The molecule has 0 unspecified atom stereocenters. The van der Waals surface area contributed by atoms with Gasteiger partial charge in [-0.05, 0) is 49.3 Å². The van der Waals surface area contributed by atoms with Crippen molar-refractivity contribution < 1.29 is 4.74 Å². The molecule has 0 saturated carbocycles. The molecule has 1 aliphatic heterocycles. The number of nitrogens with zero attached hydrogens (tertiary/aromatic N) is 1. The van der Waals surface area contributed by atoms with Crippen molar-refractivity contribution in [2.24, 2.45) is 0 Å². The third-order valence-electron chi connectivity index (χ3n) is 4.93. The summed E-state index contributed by atoms with van der Waals surface area (Å²) in [6.45, 7) is 7.52. The van der Waals surface area contributed by atoms with E-state index in [4.69, 9.17) is 28.6 Å². The van der Waals surface area contributed by atoms with E-state index in [1.165, 1.54) is 5.56 Å². The van der Waals surface area contributed by atoms with Crippen LogP contribution in [0.3, 0.4) is 0 Å². The Morgan fingerprint density at radius 3 is 2.52 bits per heavy atom. The predicted octanol–water partition coefficient (Wildman–Crippen LogP) is 4.40. The molecule has 4 nitrogen and oxygen atoms in total. The molecule has 1 aliphatic rings. The zero-order valence-electron chi connectivity index (χ0n) is 15.7. The topological polar surface area (TPSA) is 36.5 Å².